The Balaban J connectivity index is 1.63. The first-order valence-corrected chi connectivity index (χ1v) is 12.5. The Morgan fingerprint density at radius 3 is 1.95 bits per heavy atom. The predicted octanol–water partition coefficient (Wildman–Crippen LogP) is 3.13. The van der Waals surface area contributed by atoms with E-state index in [4.69, 9.17) is 18.9 Å². The van der Waals surface area contributed by atoms with Crippen LogP contribution in [0.5, 0.6) is 11.5 Å². The second-order valence-electron chi connectivity index (χ2n) is 9.35. The van der Waals surface area contributed by atoms with Gasteiger partial charge in [-0.25, -0.2) is 4.79 Å². The summed E-state index contributed by atoms with van der Waals surface area (Å²) in [6.45, 7) is 1.59. The summed E-state index contributed by atoms with van der Waals surface area (Å²) in [5.74, 6) is 1.38. The molecular weight excluding hydrogens is 500 g/mol. The molecule has 0 saturated carbocycles. The Morgan fingerprint density at radius 1 is 0.872 bits per heavy atom. The van der Waals surface area contributed by atoms with Crippen molar-refractivity contribution >= 4 is 0 Å². The molecule has 202 valence electrons. The van der Waals surface area contributed by atoms with Crippen LogP contribution in [0.4, 0.5) is 0 Å². The minimum atomic E-state index is -1.22. The van der Waals surface area contributed by atoms with Crippen LogP contribution in [0.2, 0.25) is 0 Å². The van der Waals surface area contributed by atoms with Gasteiger partial charge < -0.3 is 24.1 Å². The average Bonchev–Trinajstić information content (AvgIpc) is 3.33. The molecule has 2 N–H and O–H groups in total. The molecule has 0 aliphatic carbocycles. The molecule has 1 aliphatic rings. The number of aliphatic hydroxyl groups excluding tert-OH is 1. The van der Waals surface area contributed by atoms with Crippen LogP contribution in [0.25, 0.3) is 0 Å². The zero-order valence-electron chi connectivity index (χ0n) is 21.9. The van der Waals surface area contributed by atoms with Crippen LogP contribution in [0, 0.1) is 6.92 Å². The molecule has 1 aromatic heterocycles. The van der Waals surface area contributed by atoms with Gasteiger partial charge in [0.15, 0.2) is 6.23 Å². The Bertz CT molecular complexity index is 1480. The van der Waals surface area contributed by atoms with Crippen LogP contribution < -0.4 is 20.7 Å². The Hall–Kier alpha value is -4.18. The van der Waals surface area contributed by atoms with Crippen molar-refractivity contribution in [2.45, 2.75) is 31.0 Å². The van der Waals surface area contributed by atoms with Gasteiger partial charge in [0.05, 0.1) is 20.8 Å². The normalized spacial score (nSPS) is 19.1. The van der Waals surface area contributed by atoms with Crippen LogP contribution in [0.15, 0.2) is 94.6 Å². The van der Waals surface area contributed by atoms with Crippen LogP contribution in [0.1, 0.15) is 28.5 Å². The van der Waals surface area contributed by atoms with Crippen LogP contribution in [-0.2, 0) is 15.1 Å². The minimum absolute atomic E-state index is 0.0113. The molecule has 4 aromatic rings. The van der Waals surface area contributed by atoms with Gasteiger partial charge in [0.1, 0.15) is 29.3 Å². The number of hydrogen-bond acceptors (Lipinski definition) is 7. The van der Waals surface area contributed by atoms with E-state index in [1.165, 1.54) is 10.8 Å². The van der Waals surface area contributed by atoms with E-state index in [9.17, 15) is 14.7 Å². The molecule has 2 heterocycles. The average molecular weight is 531 g/mol. The number of nitrogens with zero attached hydrogens (tertiary/aromatic N) is 1. The van der Waals surface area contributed by atoms with Gasteiger partial charge in [0.25, 0.3) is 5.56 Å². The van der Waals surface area contributed by atoms with Crippen molar-refractivity contribution in [3.8, 4) is 11.5 Å². The molecule has 0 unspecified atom stereocenters. The first-order chi connectivity index (χ1) is 18.9. The third-order valence-corrected chi connectivity index (χ3v) is 7.03. The van der Waals surface area contributed by atoms with E-state index in [-0.39, 0.29) is 6.61 Å². The maximum Gasteiger partial charge on any atom is 0.330 e. The maximum atomic E-state index is 12.6. The summed E-state index contributed by atoms with van der Waals surface area (Å²) >= 11 is 0. The molecule has 0 amide bonds. The number of nitrogens with one attached hydrogen (secondary N) is 1. The van der Waals surface area contributed by atoms with Crippen molar-refractivity contribution in [3.05, 3.63) is 128 Å². The lowest BCUT2D eigenvalue weighted by atomic mass is 9.79. The van der Waals surface area contributed by atoms with Gasteiger partial charge in [-0.2, -0.15) is 0 Å². The Kier molecular flexibility index (Phi) is 7.38. The van der Waals surface area contributed by atoms with Crippen LogP contribution >= 0.6 is 0 Å². The summed E-state index contributed by atoms with van der Waals surface area (Å²) in [7, 11) is 3.21. The lowest BCUT2D eigenvalue weighted by molar-refractivity contribution is -0.0905. The lowest BCUT2D eigenvalue weighted by Gasteiger charge is -2.38. The molecule has 0 radical (unpaired) electrons. The zero-order valence-corrected chi connectivity index (χ0v) is 21.9. The van der Waals surface area contributed by atoms with Gasteiger partial charge in [-0.1, -0.05) is 54.6 Å². The van der Waals surface area contributed by atoms with Crippen molar-refractivity contribution < 1.29 is 24.1 Å². The van der Waals surface area contributed by atoms with E-state index in [1.807, 2.05) is 78.9 Å². The third-order valence-electron chi connectivity index (χ3n) is 7.03. The lowest BCUT2D eigenvalue weighted by Crippen LogP contribution is -2.43. The molecule has 3 atom stereocenters. The maximum absolute atomic E-state index is 12.6. The van der Waals surface area contributed by atoms with Gasteiger partial charge in [-0.3, -0.25) is 14.3 Å². The molecule has 1 aliphatic heterocycles. The smallest absolute Gasteiger partial charge is 0.330 e. The summed E-state index contributed by atoms with van der Waals surface area (Å²) in [6.07, 6.45) is -1.71. The molecule has 0 spiro atoms. The third kappa shape index (κ3) is 4.87. The Labute approximate surface area is 225 Å². The standard InChI is InChI=1S/C30H30N2O7/c1-19-17-32(29(35)31-27(19)34)28-26(33)25(18-38-28)39-30(20-7-5-4-6-8-20,21-9-13-23(36-2)14-10-21)22-11-15-24(37-3)16-12-22/h4-17,25-26,28,33H,18H2,1-3H3,(H,31,34,35)/t25-,26+,28+/m0/s1. The molecular formula is C30H30N2O7. The van der Waals surface area contributed by atoms with Gasteiger partial charge >= 0.3 is 5.69 Å². The fraction of sp³-hybridized carbons (Fsp3) is 0.267. The molecule has 3 aromatic carbocycles. The number of aliphatic hydroxyl groups is 1. The predicted molar refractivity (Wildman–Crippen MR) is 144 cm³/mol. The quantitative estimate of drug-likeness (QED) is 0.337. The first-order valence-electron chi connectivity index (χ1n) is 12.5. The summed E-state index contributed by atoms with van der Waals surface area (Å²) in [6, 6.07) is 24.8. The van der Waals surface area contributed by atoms with Crippen molar-refractivity contribution in [2.24, 2.45) is 0 Å². The highest BCUT2D eigenvalue weighted by molar-refractivity contribution is 5.50. The van der Waals surface area contributed by atoms with Crippen molar-refractivity contribution in [3.63, 3.8) is 0 Å². The molecule has 9 nitrogen and oxygen atoms in total. The monoisotopic (exact) mass is 530 g/mol. The molecule has 0 bridgehead atoms. The first kappa shape index (κ1) is 26.4. The van der Waals surface area contributed by atoms with Crippen molar-refractivity contribution in [1.82, 2.24) is 9.55 Å². The number of benzene rings is 3. The molecule has 39 heavy (non-hydrogen) atoms. The number of aryl methyl sites for hydroxylation is 1. The number of rotatable bonds is 8. The van der Waals surface area contributed by atoms with Gasteiger partial charge in [0, 0.05) is 11.8 Å². The van der Waals surface area contributed by atoms with Gasteiger partial charge in [-0.15, -0.1) is 0 Å². The summed E-state index contributed by atoms with van der Waals surface area (Å²) in [4.78, 5) is 26.7. The van der Waals surface area contributed by atoms with Gasteiger partial charge in [-0.05, 0) is 47.9 Å². The fourth-order valence-corrected chi connectivity index (χ4v) is 4.95. The van der Waals surface area contributed by atoms with E-state index in [0.717, 1.165) is 16.7 Å². The topological polar surface area (TPSA) is 112 Å². The highest BCUT2D eigenvalue weighted by Crippen LogP contribution is 2.44. The Morgan fingerprint density at radius 2 is 1.41 bits per heavy atom. The number of aromatic amines is 1. The largest absolute Gasteiger partial charge is 0.497 e. The molecule has 5 rings (SSSR count). The minimum Gasteiger partial charge on any atom is -0.497 e. The van der Waals surface area contributed by atoms with E-state index in [1.54, 1.807) is 21.1 Å². The van der Waals surface area contributed by atoms with Crippen molar-refractivity contribution in [2.75, 3.05) is 20.8 Å². The number of H-pyrrole nitrogens is 1. The van der Waals surface area contributed by atoms with Crippen LogP contribution in [0.3, 0.4) is 0 Å². The van der Waals surface area contributed by atoms with E-state index in [0.29, 0.717) is 17.1 Å². The summed E-state index contributed by atoms with van der Waals surface area (Å²) < 4.78 is 24.8. The molecule has 1 saturated heterocycles. The van der Waals surface area contributed by atoms with Crippen LogP contribution in [-0.4, -0.2) is 47.7 Å². The summed E-state index contributed by atoms with van der Waals surface area (Å²) in [5, 5.41) is 11.4. The van der Waals surface area contributed by atoms with E-state index >= 15 is 0 Å². The molecule has 1 fully saturated rings. The highest BCUT2D eigenvalue weighted by atomic mass is 16.6. The SMILES string of the molecule is COc1ccc(C(O[C@H]2CO[C@@H](n3cc(C)c(=O)[nH]c3=O)[C@@H]2O)(c2ccccc2)c2ccc(OC)cc2)cc1. The molecule has 9 heteroatoms. The van der Waals surface area contributed by atoms with Gasteiger partial charge in [0.2, 0.25) is 0 Å². The second kappa shape index (κ2) is 10.9. The van der Waals surface area contributed by atoms with E-state index in [2.05, 4.69) is 4.98 Å². The number of ether oxygens (including phenoxy) is 4. The van der Waals surface area contributed by atoms with Crippen molar-refractivity contribution in [1.29, 1.82) is 0 Å². The number of methoxy groups -OCH3 is 2. The highest BCUT2D eigenvalue weighted by Gasteiger charge is 2.46. The zero-order chi connectivity index (χ0) is 27.6. The second-order valence-corrected chi connectivity index (χ2v) is 9.35. The summed E-state index contributed by atoms with van der Waals surface area (Å²) in [5.41, 5.74) is 0.418. The van der Waals surface area contributed by atoms with E-state index < -0.39 is 35.3 Å². The fourth-order valence-electron chi connectivity index (χ4n) is 4.95. The number of aromatic nitrogens is 2. The number of hydrogen-bond donors (Lipinski definition) is 2.